The molecule has 7 nitrogen and oxygen atoms in total. The molecule has 0 spiro atoms. The van der Waals surface area contributed by atoms with E-state index in [9.17, 15) is 14.7 Å². The molecule has 2 aromatic rings. The minimum Gasteiger partial charge on any atom is -0.449 e. The molecular weight excluding hydrogens is 245 g/mol. The van der Waals surface area contributed by atoms with E-state index in [2.05, 4.69) is 4.98 Å². The summed E-state index contributed by atoms with van der Waals surface area (Å²) in [6.45, 7) is 0. The van der Waals surface area contributed by atoms with Crippen molar-refractivity contribution in [1.82, 2.24) is 4.98 Å². The third-order valence-corrected chi connectivity index (χ3v) is 5.54. The van der Waals surface area contributed by atoms with Crippen molar-refractivity contribution in [3.8, 4) is 11.5 Å². The zero-order chi connectivity index (χ0) is 11.9. The Hall–Kier alpha value is -2.14. The number of nitrogens with zero attached hydrogens (tertiary/aromatic N) is 2. The molecule has 2 N–H and O–H groups in total. The molecule has 5 rings (SSSR count). The second-order valence-corrected chi connectivity index (χ2v) is 6.42. The molecule has 1 atom stereocenters. The number of furan rings is 1. The van der Waals surface area contributed by atoms with Crippen LogP contribution in [0.3, 0.4) is 0 Å². The van der Waals surface area contributed by atoms with Crippen LogP contribution in [0, 0.1) is 10.1 Å². The van der Waals surface area contributed by atoms with Gasteiger partial charge in [0, 0.05) is 6.07 Å². The lowest BCUT2D eigenvalue weighted by atomic mass is 10.2. The Morgan fingerprint density at radius 2 is 2.12 bits per heavy atom. The van der Waals surface area contributed by atoms with Gasteiger partial charge in [-0.3, -0.25) is 10.1 Å². The molecular formula is C9H4N3O4P. The molecule has 0 fully saturated rings. The van der Waals surface area contributed by atoms with Crippen LogP contribution < -0.4 is 21.8 Å². The SMILES string of the molecule is Nc1nc(-c2oc3c4c2P34=O)ccc1[N+](=O)[O-]. The molecule has 3 aliphatic heterocycles. The first-order valence-electron chi connectivity index (χ1n) is 4.75. The van der Waals surface area contributed by atoms with Crippen molar-refractivity contribution in [2.75, 3.05) is 5.73 Å². The molecule has 84 valence electrons. The van der Waals surface area contributed by atoms with Gasteiger partial charge >= 0.3 is 5.69 Å². The van der Waals surface area contributed by atoms with E-state index in [1.807, 2.05) is 0 Å². The van der Waals surface area contributed by atoms with Crippen molar-refractivity contribution in [1.29, 1.82) is 0 Å². The van der Waals surface area contributed by atoms with Gasteiger partial charge in [0.1, 0.15) is 5.69 Å². The standard InChI is InChI=1S/C9H4N3O4P/c10-8-4(12(13)14)2-1-3(11-8)5-6-7-9(16-5)17(6,7)15/h1-2H,(H2,10,11). The summed E-state index contributed by atoms with van der Waals surface area (Å²) in [4.78, 5) is 13.9. The fourth-order valence-corrected chi connectivity index (χ4v) is 4.51. The van der Waals surface area contributed by atoms with Gasteiger partial charge in [-0.15, -0.1) is 0 Å². The minimum absolute atomic E-state index is 0.170. The first-order valence-corrected chi connectivity index (χ1v) is 6.45. The quantitative estimate of drug-likeness (QED) is 0.306. The number of hydrogen-bond acceptors (Lipinski definition) is 6. The highest BCUT2D eigenvalue weighted by Crippen LogP contribution is 2.70. The summed E-state index contributed by atoms with van der Waals surface area (Å²) >= 11 is 0. The number of hydrogen-bond donors (Lipinski definition) is 1. The average Bonchev–Trinajstić information content (AvgIpc) is 2.90. The fraction of sp³-hybridized carbons (Fsp3) is 0. The minimum atomic E-state index is -2.28. The van der Waals surface area contributed by atoms with Crippen LogP contribution >= 0.6 is 7.14 Å². The number of fused-ring (bicyclic) bond motifs is 1. The maximum absolute atomic E-state index is 11.7. The second-order valence-electron chi connectivity index (χ2n) is 3.90. The summed E-state index contributed by atoms with van der Waals surface area (Å²) in [7, 11) is -2.28. The van der Waals surface area contributed by atoms with E-state index in [4.69, 9.17) is 10.2 Å². The van der Waals surface area contributed by atoms with Crippen molar-refractivity contribution in [3.05, 3.63) is 22.2 Å². The third kappa shape index (κ3) is 0.817. The van der Waals surface area contributed by atoms with Crippen LogP contribution in [-0.2, 0) is 4.57 Å². The number of nitrogen functional groups attached to an aromatic ring is 1. The Balaban J connectivity index is 1.85. The van der Waals surface area contributed by atoms with Gasteiger partial charge in [0.05, 0.1) is 15.5 Å². The smallest absolute Gasteiger partial charge is 0.311 e. The van der Waals surface area contributed by atoms with Gasteiger partial charge in [0.25, 0.3) is 0 Å². The van der Waals surface area contributed by atoms with E-state index in [1.165, 1.54) is 12.1 Å². The predicted molar refractivity (Wildman–Crippen MR) is 59.5 cm³/mol. The van der Waals surface area contributed by atoms with Crippen LogP contribution in [0.15, 0.2) is 16.5 Å². The zero-order valence-corrected chi connectivity index (χ0v) is 9.10. The average molecular weight is 249 g/mol. The summed E-state index contributed by atoms with van der Waals surface area (Å²) in [5.74, 6) is 0.275. The van der Waals surface area contributed by atoms with Crippen LogP contribution in [0.5, 0.6) is 0 Å². The number of rotatable bonds is 2. The van der Waals surface area contributed by atoms with Gasteiger partial charge in [0.15, 0.2) is 11.3 Å². The summed E-state index contributed by atoms with van der Waals surface area (Å²) in [6, 6.07) is 2.72. The van der Waals surface area contributed by atoms with Gasteiger partial charge in [-0.1, -0.05) is 0 Å². The first-order chi connectivity index (χ1) is 8.05. The lowest BCUT2D eigenvalue weighted by Crippen LogP contribution is -2.01. The topological polar surface area (TPSA) is 112 Å². The highest BCUT2D eigenvalue weighted by atomic mass is 31.2. The summed E-state index contributed by atoms with van der Waals surface area (Å²) < 4.78 is 17.1. The number of nitrogens with two attached hydrogens (primary N) is 1. The molecule has 2 bridgehead atoms. The first kappa shape index (κ1) is 8.95. The lowest BCUT2D eigenvalue weighted by molar-refractivity contribution is -0.384. The molecule has 1 unspecified atom stereocenters. The van der Waals surface area contributed by atoms with Crippen molar-refractivity contribution < 1.29 is 13.9 Å². The van der Waals surface area contributed by atoms with Crippen LogP contribution in [0.2, 0.25) is 0 Å². The molecule has 0 saturated heterocycles. The van der Waals surface area contributed by atoms with Gasteiger partial charge < -0.3 is 14.7 Å². The number of anilines is 1. The van der Waals surface area contributed by atoms with Crippen LogP contribution in [0.1, 0.15) is 0 Å². The van der Waals surface area contributed by atoms with Crippen LogP contribution in [-0.4, -0.2) is 9.91 Å². The lowest BCUT2D eigenvalue weighted by Gasteiger charge is -1.98. The summed E-state index contributed by atoms with van der Waals surface area (Å²) in [5.41, 5.74) is 6.19. The maximum atomic E-state index is 11.7. The van der Waals surface area contributed by atoms with E-state index < -0.39 is 12.1 Å². The summed E-state index contributed by atoms with van der Waals surface area (Å²) in [5, 5.41) is 12.1. The van der Waals surface area contributed by atoms with E-state index in [0.717, 1.165) is 10.6 Å². The highest BCUT2D eigenvalue weighted by Gasteiger charge is 2.74. The van der Waals surface area contributed by atoms with Crippen LogP contribution in [0.4, 0.5) is 11.5 Å². The summed E-state index contributed by atoms with van der Waals surface area (Å²) in [6.07, 6.45) is 0. The Labute approximate surface area is 93.8 Å². The van der Waals surface area contributed by atoms with Gasteiger partial charge in [-0.05, 0) is 6.07 Å². The zero-order valence-electron chi connectivity index (χ0n) is 8.21. The van der Waals surface area contributed by atoms with E-state index >= 15 is 0 Å². The molecule has 0 aromatic carbocycles. The van der Waals surface area contributed by atoms with Crippen LogP contribution in [0.25, 0.3) is 11.5 Å². The molecule has 5 heterocycles. The predicted octanol–water partition coefficient (Wildman–Crippen LogP) is 0.0982. The monoisotopic (exact) mass is 249 g/mol. The number of nitro groups is 1. The number of aromatic nitrogens is 1. The largest absolute Gasteiger partial charge is 0.449 e. The molecule has 0 aliphatic carbocycles. The molecule has 0 radical (unpaired) electrons. The maximum Gasteiger partial charge on any atom is 0.311 e. The molecule has 2 aromatic heterocycles. The van der Waals surface area contributed by atoms with E-state index in [-0.39, 0.29) is 11.5 Å². The van der Waals surface area contributed by atoms with Crippen molar-refractivity contribution in [3.63, 3.8) is 0 Å². The molecule has 3 aliphatic rings. The van der Waals surface area contributed by atoms with E-state index in [1.54, 1.807) is 0 Å². The Morgan fingerprint density at radius 1 is 1.41 bits per heavy atom. The normalized spacial score (nSPS) is 22.1. The number of pyridine rings is 1. The van der Waals surface area contributed by atoms with Crippen molar-refractivity contribution in [2.24, 2.45) is 0 Å². The fourth-order valence-electron chi connectivity index (χ4n) is 2.02. The van der Waals surface area contributed by atoms with Crippen molar-refractivity contribution >= 4 is 34.8 Å². The molecule has 17 heavy (non-hydrogen) atoms. The Morgan fingerprint density at radius 3 is 2.59 bits per heavy atom. The van der Waals surface area contributed by atoms with Gasteiger partial charge in [0.2, 0.25) is 13.0 Å². The van der Waals surface area contributed by atoms with Crippen molar-refractivity contribution in [2.45, 2.75) is 0 Å². The van der Waals surface area contributed by atoms with E-state index in [0.29, 0.717) is 17.0 Å². The third-order valence-electron chi connectivity index (χ3n) is 2.99. The Bertz CT molecular complexity index is 770. The second kappa shape index (κ2) is 2.26. The highest BCUT2D eigenvalue weighted by molar-refractivity contribution is 8.06. The molecule has 8 heteroatoms. The van der Waals surface area contributed by atoms with Gasteiger partial charge in [-0.25, -0.2) is 4.98 Å². The molecule has 0 saturated carbocycles. The Kier molecular flexibility index (Phi) is 1.19. The molecule has 0 amide bonds. The van der Waals surface area contributed by atoms with Gasteiger partial charge in [-0.2, -0.15) is 0 Å².